The maximum atomic E-state index is 14.4. The Balaban J connectivity index is 0.000000222. The monoisotopic (exact) mass is 1300 g/mol. The SMILES string of the molecule is CC(C)CCC[C@@H](C)[C@H]1CCC2C3CC=C4CC(NS(=O)(=O)c5ccccc5[N+](=O)[O-])CC[C@]4(C)C3CC[C@@]21C.CC(C)CCC[C@@H](C)[C@H]1CCC2C3CC=C4CC([16N](CCCNC(=O)OC(C)(C)C)S(=O)(=O)c5ccccc5[N+](=O)[O-])CC[C@]4(C)C3CC[C@@]21C. The van der Waals surface area contributed by atoms with E-state index in [2.05, 4.69) is 91.4 Å². The lowest BCUT2D eigenvalue weighted by molar-refractivity contribution is -0.388. The summed E-state index contributed by atoms with van der Waals surface area (Å²) in [5, 5.41) is 26.2. The number of hydrogen-bond donors (Lipinski definition) is 2. The summed E-state index contributed by atoms with van der Waals surface area (Å²) in [5.74, 6) is 9.01. The first-order chi connectivity index (χ1) is 42.7. The number of nitrogens with one attached hydrogen (secondary N) is 2. The van der Waals surface area contributed by atoms with Crippen molar-refractivity contribution in [2.75, 3.05) is 13.1 Å². The summed E-state index contributed by atoms with van der Waals surface area (Å²) in [7, 11) is -8.19. The number of rotatable bonds is 22. The topological polar surface area (TPSA) is 208 Å². The van der Waals surface area contributed by atoms with E-state index in [-0.39, 0.29) is 51.5 Å². The molecule has 0 radical (unpaired) electrons. The zero-order chi connectivity index (χ0) is 66.2. The van der Waals surface area contributed by atoms with Gasteiger partial charge in [-0.05, 0) is 235 Å². The number of amides is 1. The minimum absolute atomic E-state index is 0.0359. The predicted molar refractivity (Wildman–Crippen MR) is 363 cm³/mol. The molecule has 0 aliphatic heterocycles. The Kier molecular flexibility index (Phi) is 22.1. The smallest absolute Gasteiger partial charge is 0.407 e. The second-order valence-corrected chi connectivity index (χ2v) is 36.4. The highest BCUT2D eigenvalue weighted by Gasteiger charge is 2.61. The van der Waals surface area contributed by atoms with E-state index in [0.29, 0.717) is 54.3 Å². The fourth-order valence-corrected chi connectivity index (χ4v) is 24.3. The minimum Gasteiger partial charge on any atom is -0.444 e. The molecular weight excluding hydrogens is 1180 g/mol. The van der Waals surface area contributed by atoms with Gasteiger partial charge in [0.2, 0.25) is 20.0 Å². The van der Waals surface area contributed by atoms with Gasteiger partial charge in [-0.2, -0.15) is 4.31 Å². The maximum Gasteiger partial charge on any atom is 0.407 e. The van der Waals surface area contributed by atoms with E-state index in [0.717, 1.165) is 85.4 Å². The molecule has 16 atom stereocenters. The zero-order valence-corrected chi connectivity index (χ0v) is 59.4. The number of allylic oxidation sites excluding steroid dienone is 2. The highest BCUT2D eigenvalue weighted by molar-refractivity contribution is 7.89. The van der Waals surface area contributed by atoms with Crippen LogP contribution in [0.5, 0.6) is 0 Å². The minimum atomic E-state index is -4.21. The fraction of sp³-hybridized carbons (Fsp3) is 0.770. The van der Waals surface area contributed by atoms with Crippen LogP contribution in [0.2, 0.25) is 0 Å². The molecule has 8 aliphatic rings. The van der Waals surface area contributed by atoms with Crippen LogP contribution in [0.25, 0.3) is 0 Å². The third-order valence-corrected chi connectivity index (χ3v) is 29.1. The van der Waals surface area contributed by atoms with Crippen LogP contribution in [0.4, 0.5) is 16.2 Å². The molecule has 0 bridgehead atoms. The third kappa shape index (κ3) is 14.9. The van der Waals surface area contributed by atoms with Crippen LogP contribution in [0.1, 0.15) is 238 Å². The number of alkyl carbamates (subject to hydrolysis) is 1. The van der Waals surface area contributed by atoms with E-state index in [1.54, 1.807) is 32.9 Å². The van der Waals surface area contributed by atoms with Crippen molar-refractivity contribution < 1.29 is 36.2 Å². The second kappa shape index (κ2) is 28.3. The predicted octanol–water partition coefficient (Wildman–Crippen LogP) is 18.2. The lowest BCUT2D eigenvalue weighted by Crippen LogP contribution is -2.53. The van der Waals surface area contributed by atoms with Gasteiger partial charge in [0.05, 0.1) is 9.85 Å². The molecule has 8 aliphatic carbocycles. The van der Waals surface area contributed by atoms with Crippen LogP contribution < -0.4 is 10.0 Å². The van der Waals surface area contributed by atoms with E-state index in [9.17, 15) is 41.9 Å². The summed E-state index contributed by atoms with van der Waals surface area (Å²) in [6, 6.07) is 10.7. The molecule has 2 aromatic carbocycles. The summed E-state index contributed by atoms with van der Waals surface area (Å²) < 4.78 is 64.9. The molecule has 8 unspecified atom stereocenters. The van der Waals surface area contributed by atoms with Gasteiger partial charge in [0, 0.05) is 37.3 Å². The van der Waals surface area contributed by atoms with Gasteiger partial charge in [0.25, 0.3) is 11.4 Å². The number of carbonyl (C=O) groups excluding carboxylic acids is 1. The molecule has 2 N–H and O–H groups in total. The summed E-state index contributed by atoms with van der Waals surface area (Å²) in [6.45, 7) is 30.3. The average Bonchev–Trinajstić information content (AvgIpc) is 1.71. The van der Waals surface area contributed by atoms with Crippen molar-refractivity contribution in [3.05, 3.63) is 92.1 Å². The molecule has 6 fully saturated rings. The van der Waals surface area contributed by atoms with Gasteiger partial charge >= 0.3 is 6.09 Å². The van der Waals surface area contributed by atoms with Gasteiger partial charge < -0.3 is 10.1 Å². The molecule has 6 saturated carbocycles. The number of sulfonamides is 2. The van der Waals surface area contributed by atoms with E-state index >= 15 is 0 Å². The molecule has 91 heavy (non-hydrogen) atoms. The van der Waals surface area contributed by atoms with Crippen LogP contribution in [0, 0.1) is 113 Å². The van der Waals surface area contributed by atoms with Crippen LogP contribution in [-0.2, 0) is 24.8 Å². The van der Waals surface area contributed by atoms with E-state index < -0.39 is 47.3 Å². The Labute approximate surface area is 548 Å². The van der Waals surface area contributed by atoms with E-state index in [4.69, 9.17) is 4.74 Å². The maximum absolute atomic E-state index is 14.4. The summed E-state index contributed by atoms with van der Waals surface area (Å²) in [6.07, 6.45) is 30.2. The summed E-state index contributed by atoms with van der Waals surface area (Å²) >= 11 is 0. The van der Waals surface area contributed by atoms with Crippen LogP contribution >= 0.6 is 0 Å². The first-order valence-corrected chi connectivity index (χ1v) is 38.5. The Morgan fingerprint density at radius 3 is 1.58 bits per heavy atom. The summed E-state index contributed by atoms with van der Waals surface area (Å²) in [4.78, 5) is 34.0. The van der Waals surface area contributed by atoms with Crippen LogP contribution in [0.3, 0.4) is 0 Å². The highest BCUT2D eigenvalue weighted by atomic mass is 32.2. The number of nitro benzene ring substituents is 2. The molecule has 0 spiro atoms. The number of hydrogen-bond acceptors (Lipinski definition) is 10. The molecule has 0 aromatic heterocycles. The number of carbonyl (C=O) groups is 1. The third-order valence-electron chi connectivity index (χ3n) is 25.5. The second-order valence-electron chi connectivity index (χ2n) is 32.9. The first-order valence-electron chi connectivity index (χ1n) is 35.6. The lowest BCUT2D eigenvalue weighted by atomic mass is 9.47. The van der Waals surface area contributed by atoms with Crippen molar-refractivity contribution >= 4 is 37.5 Å². The molecule has 0 saturated heterocycles. The Hall–Kier alpha value is -4.19. The van der Waals surface area contributed by atoms with Gasteiger partial charge in [0.1, 0.15) is 5.60 Å². The van der Waals surface area contributed by atoms with Gasteiger partial charge in [-0.25, -0.2) is 26.4 Å². The van der Waals surface area contributed by atoms with Crippen LogP contribution in [0.15, 0.2) is 81.6 Å². The zero-order valence-electron chi connectivity index (χ0n) is 57.8. The van der Waals surface area contributed by atoms with E-state index in [1.165, 1.54) is 142 Å². The molecule has 508 valence electrons. The number of para-hydroxylation sites is 2. The van der Waals surface area contributed by atoms with Gasteiger partial charge in [-0.1, -0.05) is 155 Å². The van der Waals surface area contributed by atoms with Crippen molar-refractivity contribution in [3.8, 4) is 0 Å². The van der Waals surface area contributed by atoms with E-state index in [1.807, 2.05) is 0 Å². The highest BCUT2D eigenvalue weighted by Crippen LogP contribution is 2.69. The number of nitrogens with zero attached hydrogens (tertiary/aromatic N) is 3. The number of fused-ring (bicyclic) bond motifs is 10. The van der Waals surface area contributed by atoms with Gasteiger partial charge in [-0.3, -0.25) is 20.2 Å². The molecular formula is C74H115N5O10S2. The number of nitro groups is 2. The average molecular weight is 1300 g/mol. The fourth-order valence-electron chi connectivity index (χ4n) is 21.0. The normalized spacial score (nSPS) is 33.5. The van der Waals surface area contributed by atoms with Gasteiger partial charge in [0.15, 0.2) is 9.79 Å². The lowest BCUT2D eigenvalue weighted by Gasteiger charge is -2.59. The van der Waals surface area contributed by atoms with Crippen molar-refractivity contribution in [3.63, 3.8) is 0 Å². The molecule has 10 rings (SSSR count). The number of ether oxygens (including phenoxy) is 1. The largest absolute Gasteiger partial charge is 0.444 e. The van der Waals surface area contributed by atoms with Crippen molar-refractivity contribution in [2.24, 2.45) is 92.7 Å². The molecule has 15 nitrogen and oxygen atoms in total. The molecule has 17 heteroatoms. The quantitative estimate of drug-likeness (QED) is 0.0493. The van der Waals surface area contributed by atoms with Crippen molar-refractivity contribution in [1.29, 1.82) is 0 Å². The van der Waals surface area contributed by atoms with Crippen molar-refractivity contribution in [2.45, 2.75) is 265 Å². The Morgan fingerprint density at radius 1 is 0.615 bits per heavy atom. The molecule has 2 aromatic rings. The first kappa shape index (κ1) is 71.1. The van der Waals surface area contributed by atoms with Gasteiger partial charge in [-0.15, -0.1) is 0 Å². The summed E-state index contributed by atoms with van der Waals surface area (Å²) in [5.41, 5.74) is 2.38. The Bertz CT molecular complexity index is 3210. The van der Waals surface area contributed by atoms with Crippen LogP contribution in [-0.4, -0.2) is 67.9 Å². The Morgan fingerprint density at radius 2 is 1.09 bits per heavy atom. The van der Waals surface area contributed by atoms with Crippen molar-refractivity contribution in [1.82, 2.24) is 14.3 Å². The molecule has 0 heterocycles. The molecule has 1 amide bonds. The standard InChI is InChI=1S/C41H65N3O6S.C33H50N2O4S/c1-28(2)13-11-14-29(3)33-19-20-34-32-18-17-30-27-31(21-23-40(30,7)35(32)22-24-41(33,34)8)43(26-12-25-42-38(45)50-39(4,5)6)51(48,49)37-16-10-9-15-36(37)44(46)47;1-22(2)9-8-10-23(3)27-15-16-28-26-14-13-24-21-25(17-19-32(24,4)29(26)18-20-33(27,28)5)34-40(38,39)31-12-7-6-11-30(31)35(36)37/h9-10,15-17,28-29,31-35H,11-14,18-27H2,1-8H3,(H,42,45);6-7,11-13,22-23,25-29,34H,8-10,14-21H2,1-5H3/t29-,31?,32?,33-,34?,35?,40+,41-;23-,25?,26?,27-,28?,29?,32+,33-/m11/s1/i43+2;. The number of benzene rings is 2.